The van der Waals surface area contributed by atoms with Crippen molar-refractivity contribution in [3.05, 3.63) is 175 Å². The highest BCUT2D eigenvalue weighted by Gasteiger charge is 2.18. The predicted molar refractivity (Wildman–Crippen MR) is 197 cm³/mol. The third-order valence-electron chi connectivity index (χ3n) is 9.33. The maximum Gasteiger partial charge on any atom is 0.194 e. The lowest BCUT2D eigenvalue weighted by atomic mass is 9.97. The summed E-state index contributed by atoms with van der Waals surface area (Å²) in [6.45, 7) is 7.76. The third-order valence-corrected chi connectivity index (χ3v) is 9.33. The molecule has 7 aromatic carbocycles. The standard InChI is InChI=1S/C44H26N4/c1-46-40-17-6-2-13-35(40)31-12-10-11-30(24-31)32-25-33(47-41-18-7-3-14-36(41)37-15-4-8-19-42(37)47)27-34(26-32)48-43-20-9-5-16-38(43)39-23-29(28-45)21-22-44(39)48/h2-27H. The highest BCUT2D eigenvalue weighted by atomic mass is 15.0. The molecule has 0 N–H and O–H groups in total. The summed E-state index contributed by atoms with van der Waals surface area (Å²) in [5.74, 6) is 0. The Labute approximate surface area is 277 Å². The molecule has 9 aromatic rings. The van der Waals surface area contributed by atoms with Crippen molar-refractivity contribution in [1.29, 1.82) is 5.26 Å². The Morgan fingerprint density at radius 2 is 1.00 bits per heavy atom. The number of fused-ring (bicyclic) bond motifs is 6. The second-order valence-electron chi connectivity index (χ2n) is 12.0. The van der Waals surface area contributed by atoms with Gasteiger partial charge in [0, 0.05) is 32.9 Å². The van der Waals surface area contributed by atoms with Crippen molar-refractivity contribution >= 4 is 49.3 Å². The summed E-state index contributed by atoms with van der Waals surface area (Å²) in [4.78, 5) is 3.80. The molecule has 0 saturated heterocycles. The fraction of sp³-hybridized carbons (Fsp3) is 0. The molecule has 222 valence electrons. The molecule has 0 saturated carbocycles. The molecule has 4 heteroatoms. The van der Waals surface area contributed by atoms with Gasteiger partial charge in [0.05, 0.1) is 40.3 Å². The van der Waals surface area contributed by atoms with Crippen molar-refractivity contribution in [2.75, 3.05) is 0 Å². The van der Waals surface area contributed by atoms with Gasteiger partial charge in [-0.1, -0.05) is 97.1 Å². The molecule has 0 atom stereocenters. The molecular formula is C44H26N4. The van der Waals surface area contributed by atoms with Crippen molar-refractivity contribution in [3.63, 3.8) is 0 Å². The van der Waals surface area contributed by atoms with E-state index in [-0.39, 0.29) is 0 Å². The second-order valence-corrected chi connectivity index (χ2v) is 12.0. The van der Waals surface area contributed by atoms with Crippen molar-refractivity contribution in [3.8, 4) is 39.7 Å². The minimum absolute atomic E-state index is 0.636. The molecule has 0 fully saturated rings. The Balaban J connectivity index is 1.37. The maximum atomic E-state index is 9.73. The molecule has 0 aliphatic heterocycles. The van der Waals surface area contributed by atoms with Crippen LogP contribution in [0.1, 0.15) is 5.56 Å². The van der Waals surface area contributed by atoms with Gasteiger partial charge in [0.2, 0.25) is 0 Å². The molecular weight excluding hydrogens is 585 g/mol. The highest BCUT2D eigenvalue weighted by molar-refractivity contribution is 6.11. The van der Waals surface area contributed by atoms with Crippen LogP contribution in [0.4, 0.5) is 5.69 Å². The van der Waals surface area contributed by atoms with Crippen molar-refractivity contribution < 1.29 is 0 Å². The van der Waals surface area contributed by atoms with Crippen LogP contribution < -0.4 is 0 Å². The first kappa shape index (κ1) is 27.4. The van der Waals surface area contributed by atoms with E-state index < -0.39 is 0 Å². The summed E-state index contributed by atoms with van der Waals surface area (Å²) in [6, 6.07) is 56.9. The zero-order valence-corrected chi connectivity index (χ0v) is 25.8. The van der Waals surface area contributed by atoms with Crippen LogP contribution in [0, 0.1) is 17.9 Å². The normalized spacial score (nSPS) is 11.3. The number of rotatable bonds is 4. The minimum atomic E-state index is 0.636. The van der Waals surface area contributed by atoms with Crippen LogP contribution in [0.15, 0.2) is 158 Å². The van der Waals surface area contributed by atoms with E-state index in [1.165, 1.54) is 10.8 Å². The van der Waals surface area contributed by atoms with Gasteiger partial charge < -0.3 is 9.13 Å². The summed E-state index contributed by atoms with van der Waals surface area (Å²) in [5, 5.41) is 14.3. The molecule has 0 aliphatic rings. The van der Waals surface area contributed by atoms with Gasteiger partial charge in [-0.2, -0.15) is 5.26 Å². The van der Waals surface area contributed by atoms with Crippen molar-refractivity contribution in [2.45, 2.75) is 0 Å². The Bertz CT molecular complexity index is 2760. The lowest BCUT2D eigenvalue weighted by Gasteiger charge is -2.16. The number of nitrogens with zero attached hydrogens (tertiary/aromatic N) is 4. The van der Waals surface area contributed by atoms with Gasteiger partial charge in [0.15, 0.2) is 5.69 Å². The van der Waals surface area contributed by atoms with E-state index in [2.05, 4.69) is 141 Å². The van der Waals surface area contributed by atoms with Gasteiger partial charge in [-0.05, 0) is 82.9 Å². The first-order valence-corrected chi connectivity index (χ1v) is 15.9. The lowest BCUT2D eigenvalue weighted by Crippen LogP contribution is -2.00. The van der Waals surface area contributed by atoms with Crippen molar-refractivity contribution in [1.82, 2.24) is 9.13 Å². The van der Waals surface area contributed by atoms with Gasteiger partial charge in [-0.25, -0.2) is 4.85 Å². The Kier molecular flexibility index (Phi) is 6.22. The van der Waals surface area contributed by atoms with Crippen LogP contribution in [-0.4, -0.2) is 9.13 Å². The number of para-hydroxylation sites is 4. The molecule has 9 rings (SSSR count). The van der Waals surface area contributed by atoms with Gasteiger partial charge >= 0.3 is 0 Å². The number of aromatic nitrogens is 2. The molecule has 0 spiro atoms. The smallest absolute Gasteiger partial charge is 0.194 e. The predicted octanol–water partition coefficient (Wildman–Crippen LogP) is 11.6. The molecule has 0 radical (unpaired) electrons. The van der Waals surface area contributed by atoms with Crippen LogP contribution in [0.5, 0.6) is 0 Å². The fourth-order valence-corrected chi connectivity index (χ4v) is 7.22. The first-order chi connectivity index (χ1) is 23.7. The van der Waals surface area contributed by atoms with E-state index in [9.17, 15) is 5.26 Å². The van der Waals surface area contributed by atoms with Gasteiger partial charge in [-0.15, -0.1) is 0 Å². The Morgan fingerprint density at radius 3 is 1.62 bits per heavy atom. The monoisotopic (exact) mass is 610 g/mol. The summed E-state index contributed by atoms with van der Waals surface area (Å²) in [7, 11) is 0. The van der Waals surface area contributed by atoms with Crippen LogP contribution in [0.25, 0.3) is 82.1 Å². The summed E-state index contributed by atoms with van der Waals surface area (Å²) in [6.07, 6.45) is 0. The molecule has 0 bridgehead atoms. The van der Waals surface area contributed by atoms with Gasteiger partial charge in [0.25, 0.3) is 0 Å². The van der Waals surface area contributed by atoms with E-state index in [0.29, 0.717) is 11.3 Å². The molecule has 0 aliphatic carbocycles. The first-order valence-electron chi connectivity index (χ1n) is 15.9. The Morgan fingerprint density at radius 1 is 0.458 bits per heavy atom. The average Bonchev–Trinajstić information content (AvgIpc) is 3.67. The molecule has 48 heavy (non-hydrogen) atoms. The molecule has 2 heterocycles. The third kappa shape index (κ3) is 4.22. The second kappa shape index (κ2) is 10.9. The van der Waals surface area contributed by atoms with Crippen LogP contribution in [0.3, 0.4) is 0 Å². The number of benzene rings is 7. The van der Waals surface area contributed by atoms with E-state index in [0.717, 1.165) is 66.5 Å². The number of nitriles is 1. The van der Waals surface area contributed by atoms with E-state index in [4.69, 9.17) is 6.57 Å². The number of hydrogen-bond donors (Lipinski definition) is 0. The summed E-state index contributed by atoms with van der Waals surface area (Å²) in [5.41, 5.74) is 11.8. The van der Waals surface area contributed by atoms with Crippen LogP contribution in [0.2, 0.25) is 0 Å². The van der Waals surface area contributed by atoms with Crippen molar-refractivity contribution in [2.24, 2.45) is 0 Å². The molecule has 2 aromatic heterocycles. The minimum Gasteiger partial charge on any atom is -0.309 e. The van der Waals surface area contributed by atoms with E-state index >= 15 is 0 Å². The maximum absolute atomic E-state index is 9.73. The SMILES string of the molecule is [C-]#[N+]c1ccccc1-c1cccc(-c2cc(-n3c4ccccc4c4ccccc43)cc(-n3c4ccccc4c4cc(C#N)ccc43)c2)c1. The zero-order chi connectivity index (χ0) is 32.2. The Hall–Kier alpha value is -6.88. The summed E-state index contributed by atoms with van der Waals surface area (Å²) < 4.78 is 4.67. The molecule has 0 amide bonds. The largest absolute Gasteiger partial charge is 0.309 e. The quantitative estimate of drug-likeness (QED) is 0.183. The van der Waals surface area contributed by atoms with E-state index in [1.54, 1.807) is 0 Å². The fourth-order valence-electron chi connectivity index (χ4n) is 7.22. The van der Waals surface area contributed by atoms with Crippen LogP contribution >= 0.6 is 0 Å². The number of hydrogen-bond acceptors (Lipinski definition) is 1. The average molecular weight is 611 g/mol. The lowest BCUT2D eigenvalue weighted by molar-refractivity contribution is 1.13. The molecule has 0 unspecified atom stereocenters. The molecule has 4 nitrogen and oxygen atoms in total. The van der Waals surface area contributed by atoms with Gasteiger partial charge in [0.1, 0.15) is 0 Å². The van der Waals surface area contributed by atoms with Crippen LogP contribution in [-0.2, 0) is 0 Å². The topological polar surface area (TPSA) is 38.0 Å². The summed E-state index contributed by atoms with van der Waals surface area (Å²) >= 11 is 0. The van der Waals surface area contributed by atoms with E-state index in [1.807, 2.05) is 36.4 Å². The van der Waals surface area contributed by atoms with Gasteiger partial charge in [-0.3, -0.25) is 0 Å². The zero-order valence-electron chi connectivity index (χ0n) is 25.8. The highest BCUT2D eigenvalue weighted by Crippen LogP contribution is 2.39.